The van der Waals surface area contributed by atoms with Crippen LogP contribution in [0.3, 0.4) is 0 Å². The zero-order valence-corrected chi connectivity index (χ0v) is 17.4. The van der Waals surface area contributed by atoms with E-state index in [0.29, 0.717) is 6.42 Å². The molecule has 0 spiro atoms. The van der Waals surface area contributed by atoms with Crippen LogP contribution in [0.2, 0.25) is 0 Å². The lowest BCUT2D eigenvalue weighted by atomic mass is 10.0. The average Bonchev–Trinajstić information content (AvgIpc) is 2.70. The molecule has 0 aromatic heterocycles. The lowest BCUT2D eigenvalue weighted by Crippen LogP contribution is -2.19. The molecule has 0 radical (unpaired) electrons. The first-order valence-corrected chi connectivity index (χ1v) is 10.7. The van der Waals surface area contributed by atoms with Gasteiger partial charge in [0.25, 0.3) is 0 Å². The number of rotatable bonds is 13. The Morgan fingerprint density at radius 3 is 1.54 bits per heavy atom. The number of aryl methyl sites for hydroxylation is 2. The van der Waals surface area contributed by atoms with Gasteiger partial charge < -0.3 is 4.74 Å². The van der Waals surface area contributed by atoms with E-state index < -0.39 is 6.11 Å². The third kappa shape index (κ3) is 7.71. The highest BCUT2D eigenvalue weighted by molar-refractivity contribution is 5.25. The first-order chi connectivity index (χ1) is 13.5. The zero-order chi connectivity index (χ0) is 20.2. The van der Waals surface area contributed by atoms with Gasteiger partial charge in [0.2, 0.25) is 0 Å². The fourth-order valence-corrected chi connectivity index (χ4v) is 3.28. The molecule has 2 aromatic rings. The van der Waals surface area contributed by atoms with Crippen molar-refractivity contribution in [1.29, 1.82) is 0 Å². The molecular weight excluding hydrogens is 354 g/mol. The van der Waals surface area contributed by atoms with Crippen LogP contribution >= 0.6 is 0 Å². The van der Waals surface area contributed by atoms with E-state index in [4.69, 9.17) is 4.74 Å². The van der Waals surface area contributed by atoms with Crippen LogP contribution in [0.1, 0.15) is 74.6 Å². The fraction of sp³-hybridized carbons (Fsp3) is 0.520. The second-order valence-electron chi connectivity index (χ2n) is 7.54. The molecule has 2 aromatic carbocycles. The lowest BCUT2D eigenvalue weighted by Gasteiger charge is -2.17. The van der Waals surface area contributed by atoms with Crippen LogP contribution in [0, 0.1) is 0 Å². The topological polar surface area (TPSA) is 9.23 Å². The van der Waals surface area contributed by atoms with Crippen LogP contribution in [0.25, 0.3) is 0 Å². The third-order valence-electron chi connectivity index (χ3n) is 5.13. The predicted octanol–water partition coefficient (Wildman–Crippen LogP) is 7.46. The van der Waals surface area contributed by atoms with Gasteiger partial charge in [-0.3, -0.25) is 0 Å². The van der Waals surface area contributed by atoms with Gasteiger partial charge in [-0.05, 0) is 48.8 Å². The molecule has 0 unspecified atom stereocenters. The Labute approximate surface area is 169 Å². The number of halogens is 2. The van der Waals surface area contributed by atoms with Crippen molar-refractivity contribution in [3.8, 4) is 0 Å². The monoisotopic (exact) mass is 388 g/mol. The van der Waals surface area contributed by atoms with Gasteiger partial charge in [-0.2, -0.15) is 8.78 Å². The van der Waals surface area contributed by atoms with E-state index >= 15 is 0 Å². The summed E-state index contributed by atoms with van der Waals surface area (Å²) in [6.45, 7) is 4.35. The summed E-state index contributed by atoms with van der Waals surface area (Å²) in [6.07, 6.45) is 6.33. The van der Waals surface area contributed by atoms with Gasteiger partial charge in [0.1, 0.15) is 0 Å². The number of hydrogen-bond acceptors (Lipinski definition) is 1. The average molecular weight is 389 g/mol. The Hall–Kier alpha value is -1.74. The smallest absolute Gasteiger partial charge is 0.316 e. The maximum Gasteiger partial charge on any atom is 0.383 e. The van der Waals surface area contributed by atoms with Crippen molar-refractivity contribution in [3.63, 3.8) is 0 Å². The third-order valence-corrected chi connectivity index (χ3v) is 5.13. The summed E-state index contributed by atoms with van der Waals surface area (Å²) < 4.78 is 33.6. The molecule has 0 N–H and O–H groups in total. The molecule has 0 fully saturated rings. The number of ether oxygens (including phenoxy) is 1. The largest absolute Gasteiger partial charge is 0.383 e. The highest BCUT2D eigenvalue weighted by Gasteiger charge is 2.32. The summed E-state index contributed by atoms with van der Waals surface area (Å²) in [4.78, 5) is 0. The summed E-state index contributed by atoms with van der Waals surface area (Å²) in [5.74, 6) is 0. The highest BCUT2D eigenvalue weighted by Crippen LogP contribution is 2.30. The van der Waals surface area contributed by atoms with Gasteiger partial charge in [0.15, 0.2) is 0 Å². The highest BCUT2D eigenvalue weighted by atomic mass is 19.3. The minimum Gasteiger partial charge on any atom is -0.316 e. The van der Waals surface area contributed by atoms with Gasteiger partial charge >= 0.3 is 6.11 Å². The van der Waals surface area contributed by atoms with Crippen molar-refractivity contribution in [2.24, 2.45) is 0 Å². The fourth-order valence-electron chi connectivity index (χ4n) is 3.28. The first-order valence-electron chi connectivity index (χ1n) is 10.7. The van der Waals surface area contributed by atoms with Gasteiger partial charge in [-0.1, -0.05) is 88.1 Å². The Morgan fingerprint density at radius 1 is 0.643 bits per heavy atom. The van der Waals surface area contributed by atoms with E-state index in [0.717, 1.165) is 36.8 Å². The van der Waals surface area contributed by atoms with Gasteiger partial charge in [-0.15, -0.1) is 0 Å². The zero-order valence-electron chi connectivity index (χ0n) is 17.4. The molecule has 0 saturated heterocycles. The number of benzene rings is 2. The molecule has 28 heavy (non-hydrogen) atoms. The van der Waals surface area contributed by atoms with Gasteiger partial charge in [-0.25, -0.2) is 0 Å². The molecule has 0 saturated carbocycles. The molecule has 154 valence electrons. The predicted molar refractivity (Wildman–Crippen MR) is 113 cm³/mol. The molecule has 2 rings (SSSR count). The van der Waals surface area contributed by atoms with Crippen molar-refractivity contribution in [1.82, 2.24) is 0 Å². The SMILES string of the molecule is CCCCCc1ccc(CCOC(F)(F)c2ccc(CCCCC)cc2)cc1. The number of unbranched alkanes of at least 4 members (excludes halogenated alkanes) is 4. The quantitative estimate of drug-likeness (QED) is 0.324. The Morgan fingerprint density at radius 2 is 1.07 bits per heavy atom. The number of hydrogen-bond donors (Lipinski definition) is 0. The molecule has 0 aliphatic heterocycles. The van der Waals surface area contributed by atoms with E-state index in [-0.39, 0.29) is 12.2 Å². The van der Waals surface area contributed by atoms with E-state index in [2.05, 4.69) is 26.0 Å². The summed E-state index contributed by atoms with van der Waals surface area (Å²) in [5.41, 5.74) is 3.37. The minimum absolute atomic E-state index is 0.000429. The summed E-state index contributed by atoms with van der Waals surface area (Å²) in [6, 6.07) is 14.8. The van der Waals surface area contributed by atoms with Gasteiger partial charge in [0, 0.05) is 0 Å². The van der Waals surface area contributed by atoms with Crippen LogP contribution in [-0.2, 0) is 30.1 Å². The van der Waals surface area contributed by atoms with Crippen molar-refractivity contribution in [3.05, 3.63) is 70.8 Å². The summed E-state index contributed by atoms with van der Waals surface area (Å²) in [5, 5.41) is 0. The Balaban J connectivity index is 1.79. The summed E-state index contributed by atoms with van der Waals surface area (Å²) in [7, 11) is 0. The standard InChI is InChI=1S/C25H34F2O/c1-3-5-7-9-21-11-13-23(14-12-21)19-20-28-25(26,27)24-17-15-22(16-18-24)10-8-6-4-2/h11-18H,3-10,19-20H2,1-2H3. The second-order valence-corrected chi connectivity index (χ2v) is 7.54. The second kappa shape index (κ2) is 12.0. The van der Waals surface area contributed by atoms with Crippen LogP contribution in [0.5, 0.6) is 0 Å². The van der Waals surface area contributed by atoms with Crippen molar-refractivity contribution in [2.75, 3.05) is 6.61 Å². The Bertz CT molecular complexity index is 662. The molecule has 0 aliphatic rings. The van der Waals surface area contributed by atoms with E-state index in [1.807, 2.05) is 12.1 Å². The van der Waals surface area contributed by atoms with Crippen molar-refractivity contribution >= 4 is 0 Å². The molecule has 0 heterocycles. The van der Waals surface area contributed by atoms with Gasteiger partial charge in [0.05, 0.1) is 12.2 Å². The first kappa shape index (κ1) is 22.5. The van der Waals surface area contributed by atoms with Crippen LogP contribution in [0.4, 0.5) is 8.78 Å². The lowest BCUT2D eigenvalue weighted by molar-refractivity contribution is -0.248. The van der Waals surface area contributed by atoms with E-state index in [9.17, 15) is 8.78 Å². The molecule has 0 atom stereocenters. The molecule has 1 nitrogen and oxygen atoms in total. The molecule has 0 aliphatic carbocycles. The normalized spacial score (nSPS) is 11.7. The van der Waals surface area contributed by atoms with E-state index in [1.165, 1.54) is 43.4 Å². The molecule has 0 bridgehead atoms. The van der Waals surface area contributed by atoms with Crippen LogP contribution in [-0.4, -0.2) is 6.61 Å². The maximum atomic E-state index is 14.3. The van der Waals surface area contributed by atoms with E-state index in [1.54, 1.807) is 12.1 Å². The maximum absolute atomic E-state index is 14.3. The molecular formula is C25H34F2O. The minimum atomic E-state index is -3.25. The Kier molecular flexibility index (Phi) is 9.63. The summed E-state index contributed by atoms with van der Waals surface area (Å²) >= 11 is 0. The van der Waals surface area contributed by atoms with Crippen molar-refractivity contribution < 1.29 is 13.5 Å². The van der Waals surface area contributed by atoms with Crippen LogP contribution < -0.4 is 0 Å². The molecule has 3 heteroatoms. The number of alkyl halides is 2. The van der Waals surface area contributed by atoms with Crippen molar-refractivity contribution in [2.45, 2.75) is 77.7 Å². The van der Waals surface area contributed by atoms with Crippen LogP contribution in [0.15, 0.2) is 48.5 Å². The molecule has 0 amide bonds.